The van der Waals surface area contributed by atoms with Crippen molar-refractivity contribution < 1.29 is 0 Å². The molecule has 0 saturated carbocycles. The van der Waals surface area contributed by atoms with E-state index in [0.29, 0.717) is 0 Å². The van der Waals surface area contributed by atoms with Gasteiger partial charge in [-0.3, -0.25) is 0 Å². The maximum absolute atomic E-state index is 2.54. The van der Waals surface area contributed by atoms with E-state index in [1.54, 1.807) is 0 Å². The van der Waals surface area contributed by atoms with Crippen LogP contribution in [0.3, 0.4) is 0 Å². The summed E-state index contributed by atoms with van der Waals surface area (Å²) < 4.78 is 0. The van der Waals surface area contributed by atoms with Crippen molar-refractivity contribution in [3.63, 3.8) is 0 Å². The average Bonchev–Trinajstić information content (AvgIpc) is 3.85. The van der Waals surface area contributed by atoms with Gasteiger partial charge in [0.25, 0.3) is 0 Å². The van der Waals surface area contributed by atoms with E-state index in [1.165, 1.54) is 86.3 Å². The van der Waals surface area contributed by atoms with Crippen LogP contribution < -0.4 is 4.90 Å². The molecule has 2 heteroatoms. The second-order valence-corrected chi connectivity index (χ2v) is 19.4. The van der Waals surface area contributed by atoms with Gasteiger partial charge in [-0.05, 0) is 116 Å². The zero-order valence-corrected chi connectivity index (χ0v) is 33.9. The zero-order valence-electron chi connectivity index (χ0n) is 33.1. The Balaban J connectivity index is 1.14. The highest BCUT2D eigenvalue weighted by atomic mass is 32.3. The minimum atomic E-state index is -1.77. The monoisotopic (exact) mass is 771 g/mol. The fourth-order valence-electron chi connectivity index (χ4n) is 10.5. The van der Waals surface area contributed by atoms with Gasteiger partial charge in [0.1, 0.15) is 0 Å². The molecule has 0 bridgehead atoms. The highest BCUT2D eigenvalue weighted by molar-refractivity contribution is 8.34. The normalized spacial score (nSPS) is 14.7. The standard InChI is InChI=1S/C57H41NS/c1-57(2)49-27-13-9-22-43(49)48-36-39(32-35-50(48)57)56-42(38-18-5-3-6-19-38)26-17-28-51(56)58(40-20-7-4-8-21-40)41-33-34-47-46-25-12-16-31-54(46)59(55(47)37-41)52-29-14-10-23-44(52)45-24-11-15-30-53(45)59/h3-37H,1-2H3. The van der Waals surface area contributed by atoms with Gasteiger partial charge in [-0.25, -0.2) is 0 Å². The molecular formula is C57H41NS. The van der Waals surface area contributed by atoms with Crippen molar-refractivity contribution in [2.45, 2.75) is 38.8 Å². The minimum absolute atomic E-state index is 0.0694. The van der Waals surface area contributed by atoms with E-state index in [1.807, 2.05) is 0 Å². The van der Waals surface area contributed by atoms with Crippen molar-refractivity contribution >= 4 is 27.1 Å². The van der Waals surface area contributed by atoms with Gasteiger partial charge in [-0.1, -0.05) is 172 Å². The topological polar surface area (TPSA) is 3.24 Å². The van der Waals surface area contributed by atoms with E-state index in [2.05, 4.69) is 231 Å². The number of benzene rings is 9. The largest absolute Gasteiger partial charge is 0.310 e. The van der Waals surface area contributed by atoms with Gasteiger partial charge in [0.2, 0.25) is 0 Å². The highest BCUT2D eigenvalue weighted by Gasteiger charge is 2.48. The Morgan fingerprint density at radius 1 is 0.339 bits per heavy atom. The van der Waals surface area contributed by atoms with Gasteiger partial charge >= 0.3 is 0 Å². The van der Waals surface area contributed by atoms with Gasteiger partial charge in [-0.2, -0.15) is 0 Å². The molecule has 9 aromatic carbocycles. The molecule has 280 valence electrons. The third-order valence-corrected chi connectivity index (χ3v) is 17.1. The highest BCUT2D eigenvalue weighted by Crippen LogP contribution is 2.85. The molecule has 0 radical (unpaired) electrons. The molecular weight excluding hydrogens is 731 g/mol. The van der Waals surface area contributed by atoms with Crippen molar-refractivity contribution in [1.82, 2.24) is 0 Å². The predicted molar refractivity (Wildman–Crippen MR) is 248 cm³/mol. The number of fused-ring (bicyclic) bond motifs is 13. The summed E-state index contributed by atoms with van der Waals surface area (Å²) in [7, 11) is -1.77. The first-order chi connectivity index (χ1) is 29.0. The van der Waals surface area contributed by atoms with Crippen LogP contribution >= 0.6 is 10.0 Å². The first kappa shape index (κ1) is 34.2. The Morgan fingerprint density at radius 2 is 0.864 bits per heavy atom. The van der Waals surface area contributed by atoms with Gasteiger partial charge in [0, 0.05) is 41.9 Å². The van der Waals surface area contributed by atoms with E-state index in [9.17, 15) is 0 Å². The van der Waals surface area contributed by atoms with Gasteiger partial charge < -0.3 is 4.90 Å². The van der Waals surface area contributed by atoms with E-state index >= 15 is 0 Å². The number of anilines is 3. The Hall–Kier alpha value is -6.87. The van der Waals surface area contributed by atoms with Crippen LogP contribution in [0.4, 0.5) is 17.1 Å². The van der Waals surface area contributed by atoms with E-state index in [0.717, 1.165) is 17.1 Å². The summed E-state index contributed by atoms with van der Waals surface area (Å²) in [6.45, 7) is 4.72. The SMILES string of the molecule is CC1(C)c2ccccc2-c2cc(-c3c(-c4ccccc4)cccc3N(c3ccccc3)c3ccc4c(c3)S3(c5ccccc5-c5ccccc53)c3ccccc3-4)ccc21. The third kappa shape index (κ3) is 4.75. The summed E-state index contributed by atoms with van der Waals surface area (Å²) in [6.07, 6.45) is 0. The maximum atomic E-state index is 2.54. The van der Waals surface area contributed by atoms with Crippen molar-refractivity contribution in [3.05, 3.63) is 223 Å². The van der Waals surface area contributed by atoms with Crippen LogP contribution in [0.15, 0.2) is 232 Å². The summed E-state index contributed by atoms with van der Waals surface area (Å²) in [5.41, 5.74) is 19.0. The number of para-hydroxylation sites is 1. The van der Waals surface area contributed by atoms with Crippen LogP contribution in [0.2, 0.25) is 0 Å². The molecule has 59 heavy (non-hydrogen) atoms. The van der Waals surface area contributed by atoms with Gasteiger partial charge in [0.05, 0.1) is 5.69 Å². The van der Waals surface area contributed by atoms with Gasteiger partial charge in [0.15, 0.2) is 0 Å². The third-order valence-electron chi connectivity index (χ3n) is 13.0. The number of hydrogen-bond acceptors (Lipinski definition) is 1. The number of nitrogens with zero attached hydrogens (tertiary/aromatic N) is 1. The summed E-state index contributed by atoms with van der Waals surface area (Å²) >= 11 is 0. The van der Waals surface area contributed by atoms with Crippen LogP contribution in [0, 0.1) is 0 Å². The van der Waals surface area contributed by atoms with Crippen LogP contribution in [0.1, 0.15) is 25.0 Å². The predicted octanol–water partition coefficient (Wildman–Crippen LogP) is 16.1. The van der Waals surface area contributed by atoms with E-state index in [-0.39, 0.29) is 5.41 Å². The second kappa shape index (κ2) is 12.8. The fraction of sp³-hybridized carbons (Fsp3) is 0.0526. The minimum Gasteiger partial charge on any atom is -0.310 e. The quantitative estimate of drug-likeness (QED) is 0.168. The van der Waals surface area contributed by atoms with Crippen molar-refractivity contribution in [3.8, 4) is 55.6 Å². The molecule has 1 spiro atoms. The van der Waals surface area contributed by atoms with Crippen molar-refractivity contribution in [1.29, 1.82) is 0 Å². The van der Waals surface area contributed by atoms with Gasteiger partial charge in [-0.15, -0.1) is 10.0 Å². The summed E-state index contributed by atoms with van der Waals surface area (Å²) in [5, 5.41) is 0. The average molecular weight is 772 g/mol. The molecule has 9 aromatic rings. The zero-order chi connectivity index (χ0) is 39.3. The molecule has 0 atom stereocenters. The molecule has 2 aliphatic heterocycles. The Kier molecular flexibility index (Phi) is 7.43. The molecule has 0 unspecified atom stereocenters. The summed E-state index contributed by atoms with van der Waals surface area (Å²) in [4.78, 5) is 8.22. The lowest BCUT2D eigenvalue weighted by Crippen LogP contribution is -2.14. The molecule has 12 rings (SSSR count). The molecule has 0 amide bonds. The smallest absolute Gasteiger partial charge is 0.0546 e. The van der Waals surface area contributed by atoms with Crippen LogP contribution in [0.25, 0.3) is 55.6 Å². The molecule has 0 fully saturated rings. The lowest BCUT2D eigenvalue weighted by Gasteiger charge is -2.37. The molecule has 1 nitrogen and oxygen atoms in total. The summed E-state index contributed by atoms with van der Waals surface area (Å²) in [6, 6.07) is 79.7. The molecule has 3 aliphatic rings. The first-order valence-corrected chi connectivity index (χ1v) is 22.2. The van der Waals surface area contributed by atoms with Crippen LogP contribution in [0.5, 0.6) is 0 Å². The Morgan fingerprint density at radius 3 is 1.53 bits per heavy atom. The van der Waals surface area contributed by atoms with Crippen LogP contribution in [-0.4, -0.2) is 0 Å². The van der Waals surface area contributed by atoms with E-state index < -0.39 is 10.0 Å². The fourth-order valence-corrected chi connectivity index (χ4v) is 15.1. The second-order valence-electron chi connectivity index (χ2n) is 16.4. The van der Waals surface area contributed by atoms with Crippen molar-refractivity contribution in [2.24, 2.45) is 0 Å². The maximum Gasteiger partial charge on any atom is 0.0546 e. The Bertz CT molecular complexity index is 3080. The lowest BCUT2D eigenvalue weighted by molar-refractivity contribution is 0.660. The van der Waals surface area contributed by atoms with E-state index in [4.69, 9.17) is 0 Å². The summed E-state index contributed by atoms with van der Waals surface area (Å²) in [5.74, 6) is 0. The molecule has 2 heterocycles. The first-order valence-electron chi connectivity index (χ1n) is 20.6. The molecule has 0 saturated heterocycles. The van der Waals surface area contributed by atoms with Crippen LogP contribution in [-0.2, 0) is 5.41 Å². The lowest BCUT2D eigenvalue weighted by atomic mass is 9.82. The Labute approximate surface area is 348 Å². The molecule has 0 N–H and O–H groups in total. The number of rotatable bonds is 5. The molecule has 1 aliphatic carbocycles. The molecule has 0 aromatic heterocycles. The number of hydrogen-bond donors (Lipinski definition) is 0. The van der Waals surface area contributed by atoms with Crippen molar-refractivity contribution in [2.75, 3.05) is 4.90 Å².